The molecule has 3 amide bonds. The normalized spacial score (nSPS) is 18.4. The number of anilines is 5. The molecule has 0 radical (unpaired) electrons. The van der Waals surface area contributed by atoms with Crippen molar-refractivity contribution in [3.05, 3.63) is 93.1 Å². The highest BCUT2D eigenvalue weighted by Crippen LogP contribution is 2.40. The molecule has 1 spiro atoms. The summed E-state index contributed by atoms with van der Waals surface area (Å²) in [5.41, 5.74) is 5.93. The Hall–Kier alpha value is -4.96. The second-order valence-electron chi connectivity index (χ2n) is 17.2. The number of amides is 3. The average molecular weight is 927 g/mol. The molecule has 64 heavy (non-hydrogen) atoms. The maximum Gasteiger partial charge on any atom is 0.255 e. The Kier molecular flexibility index (Phi) is 15.4. The molecular formula is C48H58Cl2N9O4P. The van der Waals surface area contributed by atoms with Crippen LogP contribution in [0.25, 0.3) is 0 Å². The van der Waals surface area contributed by atoms with Gasteiger partial charge in [-0.2, -0.15) is 4.98 Å². The highest BCUT2D eigenvalue weighted by molar-refractivity contribution is 7.70. The van der Waals surface area contributed by atoms with Gasteiger partial charge in [-0.05, 0) is 106 Å². The Morgan fingerprint density at radius 2 is 1.83 bits per heavy atom. The fraction of sp³-hybridized carbons (Fsp3) is 0.438. The standard InChI is InChI=1S/C48H58Cl2N9O4P/c1-5-13-41(45(61)52-32-60)59-31-37-34(15-11-16-36(37)46(59)62)14-9-10-23-57-25-20-48(53-22-27-57)19-12-24-58(26-21-48)43-33(6-2)28-35(29-38(43)49)54-47-51-30-39(50)44(56-47)55-40-17-7-8-18-42(40)64(3,4)63/h7-8,11,15-18,28-30,32,41,53H,5-6,10,12-13,19-27,31H2,1-4H3,(H,52,60,61)(H2,51,54,55,56). The summed E-state index contributed by atoms with van der Waals surface area (Å²) in [4.78, 5) is 52.6. The molecule has 338 valence electrons. The Morgan fingerprint density at radius 3 is 2.61 bits per heavy atom. The van der Waals surface area contributed by atoms with E-state index in [2.05, 4.69) is 65.9 Å². The van der Waals surface area contributed by atoms with E-state index < -0.39 is 19.1 Å². The van der Waals surface area contributed by atoms with Gasteiger partial charge >= 0.3 is 0 Å². The number of rotatable bonds is 14. The molecule has 4 aromatic rings. The number of carbonyl (C=O) groups is 3. The first-order valence-electron chi connectivity index (χ1n) is 22.2. The summed E-state index contributed by atoms with van der Waals surface area (Å²) in [6.45, 7) is 13.4. The van der Waals surface area contributed by atoms with Crippen LogP contribution in [0.5, 0.6) is 0 Å². The van der Waals surface area contributed by atoms with Gasteiger partial charge in [0.05, 0.1) is 22.6 Å². The van der Waals surface area contributed by atoms with Crippen molar-refractivity contribution in [3.8, 4) is 11.8 Å². The van der Waals surface area contributed by atoms with Crippen molar-refractivity contribution in [3.63, 3.8) is 0 Å². The van der Waals surface area contributed by atoms with Crippen LogP contribution in [0, 0.1) is 11.8 Å². The monoisotopic (exact) mass is 925 g/mol. The average Bonchev–Trinajstić information content (AvgIpc) is 3.38. The molecule has 2 saturated heterocycles. The van der Waals surface area contributed by atoms with Crippen molar-refractivity contribution in [1.82, 2.24) is 30.4 Å². The molecule has 1 aromatic heterocycles. The quantitative estimate of drug-likeness (QED) is 0.0555. The number of halogens is 2. The van der Waals surface area contributed by atoms with Crippen LogP contribution in [0.3, 0.4) is 0 Å². The first-order valence-corrected chi connectivity index (χ1v) is 25.6. The summed E-state index contributed by atoms with van der Waals surface area (Å²) in [6.07, 6.45) is 8.77. The summed E-state index contributed by atoms with van der Waals surface area (Å²) in [7, 11) is -2.56. The van der Waals surface area contributed by atoms with Crippen LogP contribution in [-0.4, -0.2) is 102 Å². The van der Waals surface area contributed by atoms with Gasteiger partial charge in [-0.3, -0.25) is 19.7 Å². The number of carbonyl (C=O) groups excluding carboxylic acids is 3. The number of aryl methyl sites for hydroxylation is 1. The van der Waals surface area contributed by atoms with Crippen molar-refractivity contribution >= 4 is 82.7 Å². The lowest BCUT2D eigenvalue weighted by Crippen LogP contribution is -2.46. The zero-order chi connectivity index (χ0) is 45.4. The fourth-order valence-electron chi connectivity index (χ4n) is 9.24. The number of nitrogens with one attached hydrogen (secondary N) is 4. The van der Waals surface area contributed by atoms with Crippen LogP contribution in [-0.2, 0) is 27.1 Å². The minimum atomic E-state index is -2.56. The highest BCUT2D eigenvalue weighted by atomic mass is 35.5. The molecule has 7 rings (SSSR count). The van der Waals surface area contributed by atoms with Crippen LogP contribution in [0.4, 0.5) is 28.8 Å². The Morgan fingerprint density at radius 1 is 1.02 bits per heavy atom. The first kappa shape index (κ1) is 47.0. The summed E-state index contributed by atoms with van der Waals surface area (Å²) >= 11 is 13.7. The molecule has 0 aliphatic carbocycles. The highest BCUT2D eigenvalue weighted by Gasteiger charge is 2.37. The summed E-state index contributed by atoms with van der Waals surface area (Å²) in [5.74, 6) is 6.80. The number of hydrogen-bond acceptors (Lipinski definition) is 11. The van der Waals surface area contributed by atoms with Gasteiger partial charge in [0.25, 0.3) is 5.91 Å². The number of fused-ring (bicyclic) bond motifs is 1. The molecule has 3 aliphatic rings. The maximum absolute atomic E-state index is 13.4. The Balaban J connectivity index is 0.951. The lowest BCUT2D eigenvalue weighted by atomic mass is 9.87. The molecule has 4 heterocycles. The van der Waals surface area contributed by atoms with Gasteiger partial charge < -0.3 is 35.2 Å². The van der Waals surface area contributed by atoms with Gasteiger partial charge in [-0.1, -0.05) is 73.5 Å². The fourth-order valence-corrected chi connectivity index (χ4v) is 10.9. The van der Waals surface area contributed by atoms with Crippen LogP contribution >= 0.6 is 30.3 Å². The van der Waals surface area contributed by atoms with Gasteiger partial charge in [0, 0.05) is 73.3 Å². The number of hydrogen-bond donors (Lipinski definition) is 4. The Labute approximate surface area is 386 Å². The van der Waals surface area contributed by atoms with Gasteiger partial charge in [-0.25, -0.2) is 4.98 Å². The van der Waals surface area contributed by atoms with E-state index in [-0.39, 0.29) is 11.4 Å². The molecule has 3 aliphatic heterocycles. The predicted octanol–water partition coefficient (Wildman–Crippen LogP) is 7.94. The van der Waals surface area contributed by atoms with Gasteiger partial charge in [0.15, 0.2) is 5.82 Å². The summed E-state index contributed by atoms with van der Waals surface area (Å²) in [5, 5.41) is 14.5. The second-order valence-corrected chi connectivity index (χ2v) is 21.2. The number of imide groups is 1. The minimum absolute atomic E-state index is 0.0418. The van der Waals surface area contributed by atoms with Crippen LogP contribution in [0.15, 0.2) is 60.8 Å². The molecule has 13 nitrogen and oxygen atoms in total. The van der Waals surface area contributed by atoms with E-state index in [9.17, 15) is 18.9 Å². The maximum atomic E-state index is 13.4. The molecular weight excluding hydrogens is 868 g/mol. The molecule has 2 atom stereocenters. The van der Waals surface area contributed by atoms with Crippen LogP contribution in [0.1, 0.15) is 85.8 Å². The third kappa shape index (κ3) is 10.9. The smallest absolute Gasteiger partial charge is 0.255 e. The molecule has 0 bridgehead atoms. The largest absolute Gasteiger partial charge is 0.370 e. The van der Waals surface area contributed by atoms with E-state index in [0.717, 1.165) is 105 Å². The third-order valence-corrected chi connectivity index (χ3v) is 14.7. The molecule has 16 heteroatoms. The van der Waals surface area contributed by atoms with Crippen LogP contribution in [0.2, 0.25) is 10.0 Å². The van der Waals surface area contributed by atoms with Crippen LogP contribution < -0.4 is 31.5 Å². The number of nitrogens with zero attached hydrogens (tertiary/aromatic N) is 5. The summed E-state index contributed by atoms with van der Waals surface area (Å²) < 4.78 is 13.0. The van der Waals surface area contributed by atoms with Gasteiger partial charge in [0.1, 0.15) is 18.2 Å². The third-order valence-electron chi connectivity index (χ3n) is 12.6. The lowest BCUT2D eigenvalue weighted by Gasteiger charge is -2.33. The minimum Gasteiger partial charge on any atom is -0.370 e. The van der Waals surface area contributed by atoms with Crippen molar-refractivity contribution in [2.24, 2.45) is 0 Å². The Bertz CT molecular complexity index is 2490. The van der Waals surface area contributed by atoms with E-state index >= 15 is 0 Å². The first-order chi connectivity index (χ1) is 30.8. The van der Waals surface area contributed by atoms with Crippen molar-refractivity contribution < 1.29 is 18.9 Å². The lowest BCUT2D eigenvalue weighted by molar-refractivity contribution is -0.129. The number of aromatic nitrogens is 2. The van der Waals surface area contributed by atoms with E-state index in [4.69, 9.17) is 23.2 Å². The molecule has 0 saturated carbocycles. The number of benzene rings is 3. The molecule has 2 fully saturated rings. The van der Waals surface area contributed by atoms with E-state index in [1.807, 2.05) is 49.4 Å². The van der Waals surface area contributed by atoms with Crippen molar-refractivity contribution in [2.75, 3.05) is 68.1 Å². The van der Waals surface area contributed by atoms with Gasteiger partial charge in [0.2, 0.25) is 18.3 Å². The summed E-state index contributed by atoms with van der Waals surface area (Å²) in [6, 6.07) is 16.4. The zero-order valence-electron chi connectivity index (χ0n) is 37.1. The predicted molar refractivity (Wildman–Crippen MR) is 259 cm³/mol. The SMILES string of the molecule is CCCC(C(=O)NC=O)N1Cc2c(C#CCCN3CCNC4(CCCN(c5c(Cl)cc(Nc6ncc(Cl)c(Nc7ccccc7P(C)(C)=O)n6)cc5CC)CC4)CC3)cccc2C1=O. The topological polar surface area (TPSA) is 152 Å². The molecule has 4 N–H and O–H groups in total. The van der Waals surface area contributed by atoms with E-state index in [1.54, 1.807) is 30.5 Å². The van der Waals surface area contributed by atoms with Crippen molar-refractivity contribution in [2.45, 2.75) is 83.3 Å². The van der Waals surface area contributed by atoms with Crippen molar-refractivity contribution in [1.29, 1.82) is 0 Å². The molecule has 2 unspecified atom stereocenters. The van der Waals surface area contributed by atoms with E-state index in [0.29, 0.717) is 65.3 Å². The second kappa shape index (κ2) is 20.9. The molecule has 3 aromatic carbocycles. The van der Waals surface area contributed by atoms with Gasteiger partial charge in [-0.15, -0.1) is 0 Å². The zero-order valence-corrected chi connectivity index (χ0v) is 39.5. The van der Waals surface area contributed by atoms with E-state index in [1.165, 1.54) is 0 Å². The number of para-hydroxylation sites is 1.